The molecule has 142 valence electrons. The normalized spacial score (nSPS) is 10.4. The molecule has 0 aliphatic rings. The number of unbranched alkanes of at least 4 members (excludes halogenated alkanes) is 9. The highest BCUT2D eigenvalue weighted by molar-refractivity contribution is 4.49. The Labute approximate surface area is 147 Å². The summed E-state index contributed by atoms with van der Waals surface area (Å²) in [5, 5.41) is 12.5. The molecule has 0 spiro atoms. The van der Waals surface area contributed by atoms with Crippen molar-refractivity contribution in [3.8, 4) is 0 Å². The number of nitrogens with one attached hydrogen (secondary N) is 4. The van der Waals surface area contributed by atoms with Crippen LogP contribution in [0.5, 0.6) is 0 Å². The summed E-state index contributed by atoms with van der Waals surface area (Å²) in [5.41, 5.74) is 0. The van der Waals surface area contributed by atoms with Crippen molar-refractivity contribution in [2.75, 3.05) is 54.4 Å². The summed E-state index contributed by atoms with van der Waals surface area (Å²) in [5.74, 6) is 0. The molecule has 0 aliphatic heterocycles. The highest BCUT2D eigenvalue weighted by Gasteiger charge is 1.92. The second-order valence-electron chi connectivity index (χ2n) is 6.30. The Morgan fingerprint density at radius 2 is 0.522 bits per heavy atom. The van der Waals surface area contributed by atoms with E-state index in [0.717, 1.165) is 13.1 Å². The van der Waals surface area contributed by atoms with Crippen molar-refractivity contribution in [2.45, 2.75) is 70.6 Å². The van der Waals surface area contributed by atoms with Crippen LogP contribution in [0.2, 0.25) is 0 Å². The second-order valence-corrected chi connectivity index (χ2v) is 6.30. The molecule has 0 bridgehead atoms. The standard InChI is InChI=1S/C14H32N2.C5H14N2/c1-15-13-11-9-7-5-3-4-6-8-10-12-14-16-2;1-6-4-3-5-7-2/h15-16H,3-14H2,1-2H3;6-7H,3-5H2,1-2H3. The van der Waals surface area contributed by atoms with Gasteiger partial charge in [0, 0.05) is 0 Å². The van der Waals surface area contributed by atoms with Crippen LogP contribution in [0.1, 0.15) is 70.6 Å². The van der Waals surface area contributed by atoms with E-state index >= 15 is 0 Å². The average molecular weight is 331 g/mol. The zero-order valence-corrected chi connectivity index (χ0v) is 16.6. The van der Waals surface area contributed by atoms with E-state index in [1.165, 1.54) is 83.7 Å². The van der Waals surface area contributed by atoms with Crippen LogP contribution in [-0.2, 0) is 0 Å². The molecule has 23 heavy (non-hydrogen) atoms. The molecule has 0 fully saturated rings. The van der Waals surface area contributed by atoms with Gasteiger partial charge in [0.05, 0.1) is 0 Å². The van der Waals surface area contributed by atoms with Gasteiger partial charge in [0.15, 0.2) is 0 Å². The molecule has 0 aromatic heterocycles. The third kappa shape index (κ3) is 30.3. The first-order chi connectivity index (χ1) is 11.3. The summed E-state index contributed by atoms with van der Waals surface area (Å²) in [7, 11) is 8.01. The number of hydrogen-bond acceptors (Lipinski definition) is 4. The van der Waals surface area contributed by atoms with Gasteiger partial charge in [-0.2, -0.15) is 0 Å². The number of rotatable bonds is 17. The maximum atomic E-state index is 3.20. The molecule has 0 rings (SSSR count). The monoisotopic (exact) mass is 330 g/mol. The lowest BCUT2D eigenvalue weighted by molar-refractivity contribution is 0.543. The van der Waals surface area contributed by atoms with E-state index in [4.69, 9.17) is 0 Å². The first kappa shape index (κ1) is 25.1. The van der Waals surface area contributed by atoms with Crippen LogP contribution in [0.25, 0.3) is 0 Å². The molecular formula is C19H46N4. The Bertz CT molecular complexity index is 159. The van der Waals surface area contributed by atoms with Crippen molar-refractivity contribution in [2.24, 2.45) is 0 Å². The van der Waals surface area contributed by atoms with Gasteiger partial charge in [-0.25, -0.2) is 0 Å². The van der Waals surface area contributed by atoms with E-state index in [-0.39, 0.29) is 0 Å². The molecule has 0 saturated heterocycles. The van der Waals surface area contributed by atoms with Crippen molar-refractivity contribution in [3.05, 3.63) is 0 Å². The van der Waals surface area contributed by atoms with E-state index in [1.807, 2.05) is 28.2 Å². The Morgan fingerprint density at radius 1 is 0.304 bits per heavy atom. The summed E-state index contributed by atoms with van der Waals surface area (Å²) < 4.78 is 0. The lowest BCUT2D eigenvalue weighted by atomic mass is 10.1. The highest BCUT2D eigenvalue weighted by atomic mass is 14.8. The molecule has 0 radical (unpaired) electrons. The van der Waals surface area contributed by atoms with Crippen LogP contribution < -0.4 is 21.3 Å². The summed E-state index contributed by atoms with van der Waals surface area (Å²) in [6.07, 6.45) is 15.4. The zero-order valence-electron chi connectivity index (χ0n) is 16.6. The molecule has 0 unspecified atom stereocenters. The van der Waals surface area contributed by atoms with Gasteiger partial charge in [0.25, 0.3) is 0 Å². The molecule has 0 amide bonds. The molecule has 0 aromatic rings. The van der Waals surface area contributed by atoms with E-state index in [0.29, 0.717) is 0 Å². The van der Waals surface area contributed by atoms with Crippen LogP contribution in [0.3, 0.4) is 0 Å². The van der Waals surface area contributed by atoms with Gasteiger partial charge in [-0.15, -0.1) is 0 Å². The van der Waals surface area contributed by atoms with Crippen LogP contribution in [-0.4, -0.2) is 54.4 Å². The smallest absolute Gasteiger partial charge is 0.00398 e. The minimum atomic E-state index is 1.11. The van der Waals surface area contributed by atoms with Gasteiger partial charge in [-0.1, -0.05) is 51.4 Å². The van der Waals surface area contributed by atoms with Gasteiger partial charge >= 0.3 is 0 Å². The Balaban J connectivity index is 0. The fourth-order valence-electron chi connectivity index (χ4n) is 2.46. The molecule has 0 saturated carbocycles. The molecule has 0 aliphatic carbocycles. The molecule has 4 heteroatoms. The van der Waals surface area contributed by atoms with Gasteiger partial charge < -0.3 is 21.3 Å². The van der Waals surface area contributed by atoms with Crippen molar-refractivity contribution in [1.29, 1.82) is 0 Å². The minimum absolute atomic E-state index is 1.11. The second kappa shape index (κ2) is 26.7. The predicted octanol–water partition coefficient (Wildman–Crippen LogP) is 3.14. The molecular weight excluding hydrogens is 284 g/mol. The zero-order chi connectivity index (χ0) is 17.4. The third-order valence-corrected chi connectivity index (χ3v) is 3.96. The van der Waals surface area contributed by atoms with Gasteiger partial charge in [-0.05, 0) is 73.6 Å². The minimum Gasteiger partial charge on any atom is -0.320 e. The average Bonchev–Trinajstić information content (AvgIpc) is 2.57. The Kier molecular flexibility index (Phi) is 29.1. The molecule has 0 aromatic carbocycles. The largest absolute Gasteiger partial charge is 0.320 e. The van der Waals surface area contributed by atoms with E-state index in [2.05, 4.69) is 21.3 Å². The van der Waals surface area contributed by atoms with Gasteiger partial charge in [0.1, 0.15) is 0 Å². The predicted molar refractivity (Wildman–Crippen MR) is 106 cm³/mol. The van der Waals surface area contributed by atoms with Gasteiger partial charge in [0.2, 0.25) is 0 Å². The van der Waals surface area contributed by atoms with Crippen LogP contribution in [0, 0.1) is 0 Å². The quantitative estimate of drug-likeness (QED) is 0.310. The van der Waals surface area contributed by atoms with Crippen molar-refractivity contribution >= 4 is 0 Å². The van der Waals surface area contributed by atoms with Crippen molar-refractivity contribution in [3.63, 3.8) is 0 Å². The summed E-state index contributed by atoms with van der Waals surface area (Å²) in [6, 6.07) is 0. The summed E-state index contributed by atoms with van der Waals surface area (Å²) >= 11 is 0. The topological polar surface area (TPSA) is 48.1 Å². The van der Waals surface area contributed by atoms with Crippen molar-refractivity contribution < 1.29 is 0 Å². The van der Waals surface area contributed by atoms with Crippen LogP contribution >= 0.6 is 0 Å². The third-order valence-electron chi connectivity index (χ3n) is 3.96. The van der Waals surface area contributed by atoms with E-state index in [1.54, 1.807) is 0 Å². The van der Waals surface area contributed by atoms with E-state index < -0.39 is 0 Å². The SMILES string of the molecule is CNCCCCCCCCCCCCNC.CNCCCNC. The van der Waals surface area contributed by atoms with Crippen LogP contribution in [0.4, 0.5) is 0 Å². The lowest BCUT2D eigenvalue weighted by Crippen LogP contribution is -2.15. The molecule has 0 atom stereocenters. The first-order valence-electron chi connectivity index (χ1n) is 9.91. The number of hydrogen-bond donors (Lipinski definition) is 4. The van der Waals surface area contributed by atoms with Crippen LogP contribution in [0.15, 0.2) is 0 Å². The van der Waals surface area contributed by atoms with Gasteiger partial charge in [-0.3, -0.25) is 0 Å². The fraction of sp³-hybridized carbons (Fsp3) is 1.00. The highest BCUT2D eigenvalue weighted by Crippen LogP contribution is 2.10. The Hall–Kier alpha value is -0.160. The maximum Gasteiger partial charge on any atom is -0.00398 e. The molecule has 0 heterocycles. The first-order valence-corrected chi connectivity index (χ1v) is 9.91. The Morgan fingerprint density at radius 3 is 0.783 bits per heavy atom. The van der Waals surface area contributed by atoms with Crippen molar-refractivity contribution in [1.82, 2.24) is 21.3 Å². The summed E-state index contributed by atoms with van der Waals surface area (Å²) in [4.78, 5) is 0. The fourth-order valence-corrected chi connectivity index (χ4v) is 2.46. The lowest BCUT2D eigenvalue weighted by Gasteiger charge is -2.02. The summed E-state index contributed by atoms with van der Waals surface area (Å²) in [6.45, 7) is 4.60. The van der Waals surface area contributed by atoms with E-state index in [9.17, 15) is 0 Å². The molecule has 4 N–H and O–H groups in total. The maximum absolute atomic E-state index is 3.20. The molecule has 4 nitrogen and oxygen atoms in total.